The summed E-state index contributed by atoms with van der Waals surface area (Å²) < 4.78 is 5.87. The van der Waals surface area contributed by atoms with Crippen LogP contribution in [0.1, 0.15) is 17.4 Å². The van der Waals surface area contributed by atoms with E-state index in [2.05, 4.69) is 11.1 Å². The highest BCUT2D eigenvalue weighted by Gasteiger charge is 2.16. The van der Waals surface area contributed by atoms with Gasteiger partial charge in [0.1, 0.15) is 5.75 Å². The molecule has 1 unspecified atom stereocenters. The summed E-state index contributed by atoms with van der Waals surface area (Å²) in [5, 5.41) is 0. The number of hydrogen-bond donors (Lipinski definition) is 0. The number of ether oxygens (including phenoxy) is 1. The van der Waals surface area contributed by atoms with E-state index in [9.17, 15) is 0 Å². The smallest absolute Gasteiger partial charge is 0.159 e. The van der Waals surface area contributed by atoms with Crippen LogP contribution >= 0.6 is 0 Å². The van der Waals surface area contributed by atoms with E-state index in [4.69, 9.17) is 4.74 Å². The van der Waals surface area contributed by atoms with Crippen LogP contribution in [0.2, 0.25) is 0 Å². The van der Waals surface area contributed by atoms with Gasteiger partial charge < -0.3 is 4.74 Å². The van der Waals surface area contributed by atoms with Crippen molar-refractivity contribution < 1.29 is 4.74 Å². The Labute approximate surface area is 94.2 Å². The quantitative estimate of drug-likeness (QED) is 0.719. The zero-order valence-corrected chi connectivity index (χ0v) is 8.71. The molecule has 78 valence electrons. The van der Waals surface area contributed by atoms with E-state index >= 15 is 0 Å². The fourth-order valence-electron chi connectivity index (χ4n) is 1.80. The molecular weight excluding hydrogens is 198 g/mol. The van der Waals surface area contributed by atoms with Gasteiger partial charge in [-0.1, -0.05) is 30.3 Å². The molecule has 1 atom stereocenters. The van der Waals surface area contributed by atoms with E-state index in [0.29, 0.717) is 0 Å². The third-order valence-corrected chi connectivity index (χ3v) is 2.60. The first-order chi connectivity index (χ1) is 7.93. The Bertz CT molecular complexity index is 519. The maximum absolute atomic E-state index is 5.87. The summed E-state index contributed by atoms with van der Waals surface area (Å²) in [5.74, 6) is 0.917. The molecule has 1 aliphatic rings. The van der Waals surface area contributed by atoms with Crippen molar-refractivity contribution in [3.63, 3.8) is 0 Å². The second-order valence-corrected chi connectivity index (χ2v) is 3.69. The van der Waals surface area contributed by atoms with Crippen LogP contribution in [0.5, 0.6) is 5.75 Å². The maximum atomic E-state index is 5.87. The molecule has 0 radical (unpaired) electrons. The van der Waals surface area contributed by atoms with Crippen LogP contribution in [0.3, 0.4) is 0 Å². The number of fused-ring (bicyclic) bond motifs is 1. The van der Waals surface area contributed by atoms with Crippen LogP contribution in [-0.2, 0) is 0 Å². The number of pyridine rings is 1. The van der Waals surface area contributed by atoms with Crippen molar-refractivity contribution in [2.45, 2.75) is 6.10 Å². The molecule has 0 bridgehead atoms. The highest BCUT2D eigenvalue weighted by Crippen LogP contribution is 2.31. The maximum Gasteiger partial charge on any atom is 0.159 e. The van der Waals surface area contributed by atoms with Crippen molar-refractivity contribution in [3.05, 3.63) is 66.0 Å². The fraction of sp³-hybridized carbons (Fsp3) is 0.0714. The first-order valence-electron chi connectivity index (χ1n) is 5.28. The first-order valence-corrected chi connectivity index (χ1v) is 5.28. The molecule has 0 saturated carbocycles. The van der Waals surface area contributed by atoms with Gasteiger partial charge in [-0.15, -0.1) is 0 Å². The van der Waals surface area contributed by atoms with Crippen LogP contribution in [0.15, 0.2) is 54.7 Å². The van der Waals surface area contributed by atoms with Gasteiger partial charge in [0.25, 0.3) is 0 Å². The molecule has 0 spiro atoms. The SMILES string of the molecule is C1=CC(c2ccccn2)Oc2ccccc21. The van der Waals surface area contributed by atoms with Gasteiger partial charge >= 0.3 is 0 Å². The number of para-hydroxylation sites is 1. The molecule has 0 amide bonds. The second-order valence-electron chi connectivity index (χ2n) is 3.69. The van der Waals surface area contributed by atoms with Crippen molar-refractivity contribution in [1.29, 1.82) is 0 Å². The standard InChI is InChI=1S/C14H11NO/c1-2-7-13-11(5-1)8-9-14(16-13)12-6-3-4-10-15-12/h1-10,14H. The monoisotopic (exact) mass is 209 g/mol. The van der Waals surface area contributed by atoms with Crippen LogP contribution < -0.4 is 4.74 Å². The predicted octanol–water partition coefficient (Wildman–Crippen LogP) is 3.23. The summed E-state index contributed by atoms with van der Waals surface area (Å²) in [6.45, 7) is 0. The molecule has 1 aromatic carbocycles. The lowest BCUT2D eigenvalue weighted by Crippen LogP contribution is -2.09. The van der Waals surface area contributed by atoms with Gasteiger partial charge in [-0.25, -0.2) is 0 Å². The third kappa shape index (κ3) is 1.58. The van der Waals surface area contributed by atoms with Crippen molar-refractivity contribution in [2.75, 3.05) is 0 Å². The van der Waals surface area contributed by atoms with Crippen LogP contribution in [-0.4, -0.2) is 4.98 Å². The molecule has 0 fully saturated rings. The molecule has 1 aliphatic heterocycles. The Morgan fingerprint density at radius 2 is 1.88 bits per heavy atom. The number of aromatic nitrogens is 1. The summed E-state index contributed by atoms with van der Waals surface area (Å²) in [7, 11) is 0. The van der Waals surface area contributed by atoms with Gasteiger partial charge in [0.2, 0.25) is 0 Å². The molecule has 2 heteroatoms. The van der Waals surface area contributed by atoms with E-state index < -0.39 is 0 Å². The van der Waals surface area contributed by atoms with Gasteiger partial charge in [0.15, 0.2) is 6.10 Å². The first kappa shape index (κ1) is 9.16. The molecule has 1 aromatic heterocycles. The minimum absolute atomic E-state index is 0.0731. The van der Waals surface area contributed by atoms with Crippen molar-refractivity contribution in [2.24, 2.45) is 0 Å². The Morgan fingerprint density at radius 3 is 2.75 bits per heavy atom. The molecule has 0 N–H and O–H groups in total. The summed E-state index contributed by atoms with van der Waals surface area (Å²) >= 11 is 0. The van der Waals surface area contributed by atoms with Crippen molar-refractivity contribution in [3.8, 4) is 5.75 Å². The summed E-state index contributed by atoms with van der Waals surface area (Å²) in [6, 6.07) is 13.9. The summed E-state index contributed by atoms with van der Waals surface area (Å²) in [6.07, 6.45) is 5.83. The number of hydrogen-bond acceptors (Lipinski definition) is 2. The zero-order chi connectivity index (χ0) is 10.8. The van der Waals surface area contributed by atoms with Gasteiger partial charge in [0, 0.05) is 11.8 Å². The van der Waals surface area contributed by atoms with Gasteiger partial charge in [-0.3, -0.25) is 4.98 Å². The Morgan fingerprint density at radius 1 is 1.00 bits per heavy atom. The minimum atomic E-state index is -0.0731. The Hall–Kier alpha value is -2.09. The molecule has 2 heterocycles. The normalized spacial score (nSPS) is 17.6. The molecule has 2 aromatic rings. The third-order valence-electron chi connectivity index (χ3n) is 2.60. The minimum Gasteiger partial charge on any atom is -0.479 e. The molecular formula is C14H11NO. The number of rotatable bonds is 1. The average Bonchev–Trinajstić information content (AvgIpc) is 2.39. The number of nitrogens with zero attached hydrogens (tertiary/aromatic N) is 1. The topological polar surface area (TPSA) is 22.1 Å². The lowest BCUT2D eigenvalue weighted by Gasteiger charge is -2.20. The van der Waals surface area contributed by atoms with Crippen molar-refractivity contribution >= 4 is 6.08 Å². The lowest BCUT2D eigenvalue weighted by molar-refractivity contribution is 0.247. The van der Waals surface area contributed by atoms with Crippen LogP contribution in [0, 0.1) is 0 Å². The fourth-order valence-corrected chi connectivity index (χ4v) is 1.80. The van der Waals surface area contributed by atoms with E-state index in [1.807, 2.05) is 48.5 Å². The van der Waals surface area contributed by atoms with Crippen LogP contribution in [0.25, 0.3) is 6.08 Å². The molecule has 2 nitrogen and oxygen atoms in total. The van der Waals surface area contributed by atoms with Crippen LogP contribution in [0.4, 0.5) is 0 Å². The molecule has 0 saturated heterocycles. The van der Waals surface area contributed by atoms with E-state index in [1.165, 1.54) is 0 Å². The van der Waals surface area contributed by atoms with E-state index in [-0.39, 0.29) is 6.10 Å². The van der Waals surface area contributed by atoms with Gasteiger partial charge in [-0.05, 0) is 24.3 Å². The van der Waals surface area contributed by atoms with E-state index in [1.54, 1.807) is 6.20 Å². The van der Waals surface area contributed by atoms with Crippen molar-refractivity contribution in [1.82, 2.24) is 4.98 Å². The van der Waals surface area contributed by atoms with Gasteiger partial charge in [0.05, 0.1) is 5.69 Å². The summed E-state index contributed by atoms with van der Waals surface area (Å²) in [5.41, 5.74) is 2.06. The Kier molecular flexibility index (Phi) is 2.18. The lowest BCUT2D eigenvalue weighted by atomic mass is 10.1. The average molecular weight is 209 g/mol. The molecule has 0 aliphatic carbocycles. The highest BCUT2D eigenvalue weighted by molar-refractivity contribution is 5.60. The highest BCUT2D eigenvalue weighted by atomic mass is 16.5. The number of benzene rings is 1. The largest absolute Gasteiger partial charge is 0.479 e. The predicted molar refractivity (Wildman–Crippen MR) is 63.1 cm³/mol. The Balaban J connectivity index is 1.95. The zero-order valence-electron chi connectivity index (χ0n) is 8.71. The molecule has 16 heavy (non-hydrogen) atoms. The van der Waals surface area contributed by atoms with Gasteiger partial charge in [-0.2, -0.15) is 0 Å². The second kappa shape index (κ2) is 3.81. The summed E-state index contributed by atoms with van der Waals surface area (Å²) in [4.78, 5) is 4.30. The molecule has 3 rings (SSSR count). The van der Waals surface area contributed by atoms with E-state index in [0.717, 1.165) is 17.0 Å².